The molecule has 0 aromatic heterocycles. The number of benzene rings is 1. The van der Waals surface area contributed by atoms with E-state index in [-0.39, 0.29) is 6.04 Å². The van der Waals surface area contributed by atoms with Gasteiger partial charge in [0.05, 0.1) is 0 Å². The molecule has 14 heavy (non-hydrogen) atoms. The highest BCUT2D eigenvalue weighted by Crippen LogP contribution is 2.42. The zero-order valence-electron chi connectivity index (χ0n) is 8.75. The molecule has 3 N–H and O–H groups in total. The average molecular weight is 191 g/mol. The average Bonchev–Trinajstić information content (AvgIpc) is 2.97. The largest absolute Gasteiger partial charge is 0.507 e. The fourth-order valence-corrected chi connectivity index (χ4v) is 1.80. The zero-order valence-corrected chi connectivity index (χ0v) is 8.75. The van der Waals surface area contributed by atoms with Crippen molar-refractivity contribution in [2.24, 2.45) is 11.7 Å². The molecule has 2 rings (SSSR count). The van der Waals surface area contributed by atoms with Crippen molar-refractivity contribution in [3.05, 3.63) is 28.8 Å². The minimum Gasteiger partial charge on any atom is -0.507 e. The van der Waals surface area contributed by atoms with Crippen LogP contribution in [0.2, 0.25) is 0 Å². The molecule has 2 nitrogen and oxygen atoms in total. The van der Waals surface area contributed by atoms with E-state index in [9.17, 15) is 5.11 Å². The first-order valence-electron chi connectivity index (χ1n) is 5.16. The summed E-state index contributed by atoms with van der Waals surface area (Å²) in [6.07, 6.45) is 2.40. The van der Waals surface area contributed by atoms with Gasteiger partial charge in [0.2, 0.25) is 0 Å². The van der Waals surface area contributed by atoms with Gasteiger partial charge in [-0.05, 0) is 43.7 Å². The van der Waals surface area contributed by atoms with Gasteiger partial charge in [0.15, 0.2) is 0 Å². The molecule has 0 bridgehead atoms. The summed E-state index contributed by atoms with van der Waals surface area (Å²) in [5, 5.41) is 9.95. The van der Waals surface area contributed by atoms with E-state index >= 15 is 0 Å². The summed E-state index contributed by atoms with van der Waals surface area (Å²) in [6, 6.07) is 4.02. The molecule has 0 heterocycles. The van der Waals surface area contributed by atoms with Crippen molar-refractivity contribution < 1.29 is 5.11 Å². The topological polar surface area (TPSA) is 46.2 Å². The molecule has 0 aliphatic heterocycles. The molecule has 1 aromatic rings. The molecule has 76 valence electrons. The lowest BCUT2D eigenvalue weighted by molar-refractivity contribution is 0.451. The maximum atomic E-state index is 9.95. The first kappa shape index (κ1) is 9.53. The van der Waals surface area contributed by atoms with Crippen molar-refractivity contribution in [2.45, 2.75) is 32.7 Å². The van der Waals surface area contributed by atoms with Crippen LogP contribution in [0.4, 0.5) is 0 Å². The molecule has 1 aliphatic rings. The lowest BCUT2D eigenvalue weighted by atomic mass is 9.97. The van der Waals surface area contributed by atoms with Crippen LogP contribution in [0.25, 0.3) is 0 Å². The summed E-state index contributed by atoms with van der Waals surface area (Å²) in [6.45, 7) is 3.94. The maximum Gasteiger partial charge on any atom is 0.123 e. The number of phenols is 1. The minimum atomic E-state index is 0.0225. The van der Waals surface area contributed by atoms with Crippen LogP contribution in [0.5, 0.6) is 5.75 Å². The molecule has 1 aromatic carbocycles. The zero-order chi connectivity index (χ0) is 10.3. The van der Waals surface area contributed by atoms with Crippen molar-refractivity contribution in [1.29, 1.82) is 0 Å². The fraction of sp³-hybridized carbons (Fsp3) is 0.500. The Kier molecular flexibility index (Phi) is 2.23. The minimum absolute atomic E-state index is 0.0225. The standard InChI is InChI=1S/C12H17NO/c1-7-3-6-10(12(14)8(7)2)11(13)9-4-5-9/h3,6,9,11,14H,4-5,13H2,1-2H3/t11-/m0/s1. The van der Waals surface area contributed by atoms with E-state index in [4.69, 9.17) is 5.73 Å². The highest BCUT2D eigenvalue weighted by atomic mass is 16.3. The number of phenolic OH excluding ortho intramolecular Hbond substituents is 1. The predicted molar refractivity (Wildman–Crippen MR) is 57.2 cm³/mol. The van der Waals surface area contributed by atoms with E-state index in [0.29, 0.717) is 11.7 Å². The van der Waals surface area contributed by atoms with Crippen LogP contribution in [0.1, 0.15) is 35.6 Å². The van der Waals surface area contributed by atoms with E-state index in [2.05, 4.69) is 0 Å². The third-order valence-corrected chi connectivity index (χ3v) is 3.22. The molecule has 0 spiro atoms. The molecule has 1 saturated carbocycles. The van der Waals surface area contributed by atoms with Crippen LogP contribution in [0.3, 0.4) is 0 Å². The van der Waals surface area contributed by atoms with E-state index < -0.39 is 0 Å². The molecule has 0 saturated heterocycles. The lowest BCUT2D eigenvalue weighted by Crippen LogP contribution is -2.13. The van der Waals surface area contributed by atoms with Crippen molar-refractivity contribution in [3.8, 4) is 5.75 Å². The summed E-state index contributed by atoms with van der Waals surface area (Å²) in [7, 11) is 0. The van der Waals surface area contributed by atoms with E-state index in [0.717, 1.165) is 16.7 Å². The van der Waals surface area contributed by atoms with Gasteiger partial charge in [-0.15, -0.1) is 0 Å². The Labute approximate surface area is 84.7 Å². The van der Waals surface area contributed by atoms with Gasteiger partial charge in [0.1, 0.15) is 5.75 Å². The second kappa shape index (κ2) is 3.28. The second-order valence-electron chi connectivity index (χ2n) is 4.31. The SMILES string of the molecule is Cc1ccc([C@@H](N)C2CC2)c(O)c1C. The molecule has 0 radical (unpaired) electrons. The normalized spacial score (nSPS) is 18.2. The summed E-state index contributed by atoms with van der Waals surface area (Å²) in [5.74, 6) is 0.979. The van der Waals surface area contributed by atoms with E-state index in [1.807, 2.05) is 26.0 Å². The predicted octanol–water partition coefficient (Wildman–Crippen LogP) is 2.42. The third-order valence-electron chi connectivity index (χ3n) is 3.22. The molecule has 2 heteroatoms. The van der Waals surface area contributed by atoms with Crippen LogP contribution in [0.15, 0.2) is 12.1 Å². The fourth-order valence-electron chi connectivity index (χ4n) is 1.80. The molecule has 1 atom stereocenters. The first-order valence-corrected chi connectivity index (χ1v) is 5.16. The van der Waals surface area contributed by atoms with Crippen LogP contribution in [-0.2, 0) is 0 Å². The van der Waals surface area contributed by atoms with Gasteiger partial charge < -0.3 is 10.8 Å². The first-order chi connectivity index (χ1) is 6.61. The Morgan fingerprint density at radius 2 is 2.00 bits per heavy atom. The molecule has 0 unspecified atom stereocenters. The van der Waals surface area contributed by atoms with Gasteiger partial charge in [0, 0.05) is 11.6 Å². The Bertz CT molecular complexity index is 356. The summed E-state index contributed by atoms with van der Waals surface area (Å²) >= 11 is 0. The Hall–Kier alpha value is -1.02. The van der Waals surface area contributed by atoms with Gasteiger partial charge >= 0.3 is 0 Å². The third kappa shape index (κ3) is 1.50. The maximum absolute atomic E-state index is 9.95. The van der Waals surface area contributed by atoms with Crippen LogP contribution >= 0.6 is 0 Å². The summed E-state index contributed by atoms with van der Waals surface area (Å²) < 4.78 is 0. The number of aryl methyl sites for hydroxylation is 1. The monoisotopic (exact) mass is 191 g/mol. The van der Waals surface area contributed by atoms with Gasteiger partial charge in [-0.3, -0.25) is 0 Å². The Morgan fingerprint density at radius 3 is 2.57 bits per heavy atom. The van der Waals surface area contributed by atoms with Crippen LogP contribution in [-0.4, -0.2) is 5.11 Å². The number of hydrogen-bond donors (Lipinski definition) is 2. The van der Waals surface area contributed by atoms with Gasteiger partial charge in [-0.1, -0.05) is 12.1 Å². The highest BCUT2D eigenvalue weighted by molar-refractivity contribution is 5.46. The molecular formula is C12H17NO. The van der Waals surface area contributed by atoms with E-state index in [1.54, 1.807) is 0 Å². The van der Waals surface area contributed by atoms with Gasteiger partial charge in [-0.2, -0.15) is 0 Å². The van der Waals surface area contributed by atoms with Crippen LogP contribution < -0.4 is 5.73 Å². The quantitative estimate of drug-likeness (QED) is 0.754. The van der Waals surface area contributed by atoms with Crippen molar-refractivity contribution in [1.82, 2.24) is 0 Å². The second-order valence-corrected chi connectivity index (χ2v) is 4.31. The summed E-state index contributed by atoms with van der Waals surface area (Å²) in [4.78, 5) is 0. The smallest absolute Gasteiger partial charge is 0.123 e. The lowest BCUT2D eigenvalue weighted by Gasteiger charge is -2.15. The number of rotatable bonds is 2. The number of hydrogen-bond acceptors (Lipinski definition) is 2. The molecule has 1 aliphatic carbocycles. The van der Waals surface area contributed by atoms with Crippen molar-refractivity contribution >= 4 is 0 Å². The van der Waals surface area contributed by atoms with E-state index in [1.165, 1.54) is 12.8 Å². The molecule has 1 fully saturated rings. The molecular weight excluding hydrogens is 174 g/mol. The molecule has 0 amide bonds. The van der Waals surface area contributed by atoms with Crippen molar-refractivity contribution in [2.75, 3.05) is 0 Å². The highest BCUT2D eigenvalue weighted by Gasteiger charge is 2.31. The van der Waals surface area contributed by atoms with Gasteiger partial charge in [0.25, 0.3) is 0 Å². The Balaban J connectivity index is 2.38. The summed E-state index contributed by atoms with van der Waals surface area (Å²) in [5.41, 5.74) is 9.05. The van der Waals surface area contributed by atoms with Crippen molar-refractivity contribution in [3.63, 3.8) is 0 Å². The van der Waals surface area contributed by atoms with Gasteiger partial charge in [-0.25, -0.2) is 0 Å². The van der Waals surface area contributed by atoms with Crippen LogP contribution in [0, 0.1) is 19.8 Å². The number of aromatic hydroxyl groups is 1. The number of nitrogens with two attached hydrogens (primary N) is 1. The Morgan fingerprint density at radius 1 is 1.36 bits per heavy atom.